The summed E-state index contributed by atoms with van der Waals surface area (Å²) in [6, 6.07) is 0. The van der Waals surface area contributed by atoms with Crippen LogP contribution in [0.3, 0.4) is 0 Å². The van der Waals surface area contributed by atoms with Crippen LogP contribution in [0.25, 0.3) is 0 Å². The number of esters is 2. The Morgan fingerprint density at radius 3 is 1.54 bits per heavy atom. The predicted molar refractivity (Wildman–Crippen MR) is 85.4 cm³/mol. The molecular formula is C18H28O6. The molecule has 0 spiro atoms. The third-order valence-electron chi connectivity index (χ3n) is 5.04. The second kappa shape index (κ2) is 8.81. The molecule has 0 N–H and O–H groups in total. The van der Waals surface area contributed by atoms with Crippen LogP contribution in [0.1, 0.15) is 64.2 Å². The maximum Gasteiger partial charge on any atom is 0.308 e. The number of carbonyl (C=O) groups is 2. The second-order valence-electron chi connectivity index (χ2n) is 7.02. The second-order valence-corrected chi connectivity index (χ2v) is 7.02. The molecule has 6 heteroatoms. The summed E-state index contributed by atoms with van der Waals surface area (Å²) in [7, 11) is 0. The van der Waals surface area contributed by atoms with Crippen molar-refractivity contribution >= 4 is 11.9 Å². The summed E-state index contributed by atoms with van der Waals surface area (Å²) < 4.78 is 22.2. The number of rotatable bonds is 6. The quantitative estimate of drug-likeness (QED) is 0.692. The van der Waals surface area contributed by atoms with Crippen molar-refractivity contribution in [3.63, 3.8) is 0 Å². The van der Waals surface area contributed by atoms with E-state index in [2.05, 4.69) is 0 Å². The minimum Gasteiger partial charge on any atom is -0.458 e. The molecule has 3 rings (SSSR count). The zero-order valence-electron chi connectivity index (χ0n) is 14.2. The van der Waals surface area contributed by atoms with E-state index < -0.39 is 0 Å². The van der Waals surface area contributed by atoms with Crippen molar-refractivity contribution in [2.24, 2.45) is 0 Å². The van der Waals surface area contributed by atoms with Gasteiger partial charge >= 0.3 is 11.9 Å². The van der Waals surface area contributed by atoms with Crippen LogP contribution in [-0.4, -0.2) is 49.6 Å². The van der Waals surface area contributed by atoms with Crippen LogP contribution in [0.5, 0.6) is 0 Å². The first-order chi connectivity index (χ1) is 11.7. The number of ether oxygens (including phenoxy) is 4. The Morgan fingerprint density at radius 2 is 1.17 bits per heavy atom. The Bertz CT molecular complexity index is 385. The van der Waals surface area contributed by atoms with Crippen LogP contribution in [-0.2, 0) is 28.5 Å². The molecule has 2 saturated heterocycles. The van der Waals surface area contributed by atoms with Crippen molar-refractivity contribution in [1.29, 1.82) is 0 Å². The Kier molecular flexibility index (Phi) is 6.49. The third kappa shape index (κ3) is 5.18. The van der Waals surface area contributed by atoms with Gasteiger partial charge in [0.1, 0.15) is 12.2 Å². The maximum absolute atomic E-state index is 12.1. The minimum absolute atomic E-state index is 0.0124. The molecule has 136 valence electrons. The summed E-state index contributed by atoms with van der Waals surface area (Å²) in [5, 5.41) is 0. The summed E-state index contributed by atoms with van der Waals surface area (Å²) in [5.41, 5.74) is 0. The highest BCUT2D eigenvalue weighted by Gasteiger charge is 2.33. The largest absolute Gasteiger partial charge is 0.458 e. The monoisotopic (exact) mass is 340 g/mol. The van der Waals surface area contributed by atoms with Gasteiger partial charge in [0.15, 0.2) is 0 Å². The Labute approximate surface area is 143 Å². The summed E-state index contributed by atoms with van der Waals surface area (Å²) in [5.74, 6) is -0.483. The average Bonchev–Trinajstić information content (AvgIpc) is 3.23. The van der Waals surface area contributed by atoms with Crippen LogP contribution in [0, 0.1) is 0 Å². The third-order valence-corrected chi connectivity index (χ3v) is 5.04. The molecule has 0 aromatic carbocycles. The Morgan fingerprint density at radius 1 is 0.708 bits per heavy atom. The summed E-state index contributed by atoms with van der Waals surface area (Å²) in [6.07, 6.45) is 7.29. The van der Waals surface area contributed by atoms with Gasteiger partial charge in [-0.1, -0.05) is 0 Å². The SMILES string of the molecule is O=C(C[C@@H]1CCCO1)O[C@@H]1CCCC[C@H]1OC(=O)C[C@@H]1CCCO1. The molecule has 1 aliphatic carbocycles. The first-order valence-electron chi connectivity index (χ1n) is 9.33. The van der Waals surface area contributed by atoms with Gasteiger partial charge in [-0.2, -0.15) is 0 Å². The highest BCUT2D eigenvalue weighted by atomic mass is 16.6. The van der Waals surface area contributed by atoms with Gasteiger partial charge in [-0.05, 0) is 51.4 Å². The van der Waals surface area contributed by atoms with E-state index in [-0.39, 0.29) is 36.4 Å². The molecular weight excluding hydrogens is 312 g/mol. The molecule has 2 heterocycles. The standard InChI is InChI=1S/C18H28O6/c19-17(11-13-5-3-9-21-13)23-15-7-1-2-8-16(15)24-18(20)12-14-6-4-10-22-14/h13-16H,1-12H2/t13-,14-,15+,16+/m0/s1. The molecule has 3 aliphatic rings. The van der Waals surface area contributed by atoms with Gasteiger partial charge in [-0.25, -0.2) is 0 Å². The van der Waals surface area contributed by atoms with Gasteiger partial charge in [0.05, 0.1) is 25.0 Å². The van der Waals surface area contributed by atoms with Gasteiger partial charge in [-0.3, -0.25) is 9.59 Å². The van der Waals surface area contributed by atoms with Crippen LogP contribution in [0.2, 0.25) is 0 Å². The van der Waals surface area contributed by atoms with Gasteiger partial charge in [0, 0.05) is 13.2 Å². The van der Waals surface area contributed by atoms with E-state index in [1.165, 1.54) is 0 Å². The molecule has 4 atom stereocenters. The first kappa shape index (κ1) is 17.7. The molecule has 3 fully saturated rings. The normalized spacial score (nSPS) is 33.3. The number of carbonyl (C=O) groups excluding carboxylic acids is 2. The maximum atomic E-state index is 12.1. The van der Waals surface area contributed by atoms with E-state index in [0.717, 1.165) is 64.6 Å². The van der Waals surface area contributed by atoms with E-state index in [4.69, 9.17) is 18.9 Å². The predicted octanol–water partition coefficient (Wildman–Crippen LogP) is 2.52. The summed E-state index contributed by atoms with van der Waals surface area (Å²) >= 11 is 0. The lowest BCUT2D eigenvalue weighted by molar-refractivity contribution is -0.174. The van der Waals surface area contributed by atoms with Crippen molar-refractivity contribution in [1.82, 2.24) is 0 Å². The van der Waals surface area contributed by atoms with Crippen molar-refractivity contribution in [2.45, 2.75) is 88.6 Å². The van der Waals surface area contributed by atoms with Crippen LogP contribution in [0.15, 0.2) is 0 Å². The van der Waals surface area contributed by atoms with Crippen LogP contribution < -0.4 is 0 Å². The zero-order chi connectivity index (χ0) is 16.8. The van der Waals surface area contributed by atoms with Crippen LogP contribution in [0.4, 0.5) is 0 Å². The molecule has 0 bridgehead atoms. The Hall–Kier alpha value is -1.14. The average molecular weight is 340 g/mol. The van der Waals surface area contributed by atoms with Gasteiger partial charge < -0.3 is 18.9 Å². The molecule has 0 unspecified atom stereocenters. The Balaban J connectivity index is 1.45. The lowest BCUT2D eigenvalue weighted by Crippen LogP contribution is -2.38. The van der Waals surface area contributed by atoms with E-state index in [1.807, 2.05) is 0 Å². The molecule has 0 aromatic heterocycles. The van der Waals surface area contributed by atoms with Crippen molar-refractivity contribution in [3.8, 4) is 0 Å². The fraction of sp³-hybridized carbons (Fsp3) is 0.889. The first-order valence-corrected chi connectivity index (χ1v) is 9.33. The molecule has 0 aromatic rings. The van der Waals surface area contributed by atoms with Crippen LogP contribution >= 0.6 is 0 Å². The number of hydrogen-bond acceptors (Lipinski definition) is 6. The van der Waals surface area contributed by atoms with Crippen molar-refractivity contribution in [2.75, 3.05) is 13.2 Å². The highest BCUT2D eigenvalue weighted by molar-refractivity contribution is 5.71. The topological polar surface area (TPSA) is 71.1 Å². The van der Waals surface area contributed by atoms with Gasteiger partial charge in [0.2, 0.25) is 0 Å². The lowest BCUT2D eigenvalue weighted by Gasteiger charge is -2.31. The summed E-state index contributed by atoms with van der Waals surface area (Å²) in [4.78, 5) is 24.2. The van der Waals surface area contributed by atoms with E-state index >= 15 is 0 Å². The summed E-state index contributed by atoms with van der Waals surface area (Å²) in [6.45, 7) is 1.45. The molecule has 6 nitrogen and oxygen atoms in total. The highest BCUT2D eigenvalue weighted by Crippen LogP contribution is 2.26. The molecule has 1 saturated carbocycles. The number of hydrogen-bond donors (Lipinski definition) is 0. The van der Waals surface area contributed by atoms with Gasteiger partial charge in [-0.15, -0.1) is 0 Å². The fourth-order valence-corrected chi connectivity index (χ4v) is 3.75. The van der Waals surface area contributed by atoms with E-state index in [0.29, 0.717) is 12.8 Å². The fourth-order valence-electron chi connectivity index (χ4n) is 3.75. The molecule has 0 amide bonds. The minimum atomic E-state index is -0.318. The van der Waals surface area contributed by atoms with Gasteiger partial charge in [0.25, 0.3) is 0 Å². The zero-order valence-corrected chi connectivity index (χ0v) is 14.2. The molecule has 0 radical (unpaired) electrons. The van der Waals surface area contributed by atoms with Crippen molar-refractivity contribution < 1.29 is 28.5 Å². The van der Waals surface area contributed by atoms with E-state index in [1.54, 1.807) is 0 Å². The smallest absolute Gasteiger partial charge is 0.308 e. The van der Waals surface area contributed by atoms with E-state index in [9.17, 15) is 9.59 Å². The lowest BCUT2D eigenvalue weighted by atomic mass is 9.94. The molecule has 2 aliphatic heterocycles. The molecule has 24 heavy (non-hydrogen) atoms. The van der Waals surface area contributed by atoms with Crippen molar-refractivity contribution in [3.05, 3.63) is 0 Å².